The van der Waals surface area contributed by atoms with Crippen LogP contribution >= 0.6 is 11.8 Å². The Bertz CT molecular complexity index is 370. The quantitative estimate of drug-likeness (QED) is 0.313. The van der Waals surface area contributed by atoms with Gasteiger partial charge in [-0.3, -0.25) is 4.79 Å². The van der Waals surface area contributed by atoms with Crippen LogP contribution in [0.2, 0.25) is 0 Å². The van der Waals surface area contributed by atoms with Gasteiger partial charge in [-0.1, -0.05) is 30.0 Å². The highest BCUT2D eigenvalue weighted by molar-refractivity contribution is 8.03. The predicted molar refractivity (Wildman–Crippen MR) is 73.5 cm³/mol. The van der Waals surface area contributed by atoms with E-state index in [1.807, 2.05) is 44.2 Å². The van der Waals surface area contributed by atoms with Gasteiger partial charge in [-0.2, -0.15) is 0 Å². The second kappa shape index (κ2) is 8.91. The van der Waals surface area contributed by atoms with Gasteiger partial charge in [0, 0.05) is 23.0 Å². The Morgan fingerprint density at radius 3 is 2.33 bits per heavy atom. The van der Waals surface area contributed by atoms with Gasteiger partial charge in [-0.25, -0.2) is 0 Å². The molecule has 0 radical (unpaired) electrons. The minimum atomic E-state index is -0.476. The molecule has 0 amide bonds. The standard InChI is InChI=1S/C14H18O3S/c1-3-16-14(17-4-2)13(10-11-15)18-12-8-6-5-7-9-12/h5-11,14H,3-4H2,1-2H3/b13-10-. The normalized spacial score (nSPS) is 11.8. The SMILES string of the molecule is CCOC(OCC)/C(=C/C=O)Sc1ccccc1. The number of hydrogen-bond acceptors (Lipinski definition) is 4. The zero-order chi connectivity index (χ0) is 13.2. The molecule has 0 saturated heterocycles. The minimum Gasteiger partial charge on any atom is -0.348 e. The Kier molecular flexibility index (Phi) is 7.41. The number of ether oxygens (including phenoxy) is 2. The topological polar surface area (TPSA) is 35.5 Å². The Labute approximate surface area is 112 Å². The van der Waals surface area contributed by atoms with E-state index in [2.05, 4.69) is 0 Å². The van der Waals surface area contributed by atoms with Gasteiger partial charge in [-0.15, -0.1) is 0 Å². The number of carbonyl (C=O) groups is 1. The minimum absolute atomic E-state index is 0.476. The van der Waals surface area contributed by atoms with Crippen molar-refractivity contribution in [2.45, 2.75) is 25.0 Å². The summed E-state index contributed by atoms with van der Waals surface area (Å²) < 4.78 is 11.0. The zero-order valence-corrected chi connectivity index (χ0v) is 11.5. The van der Waals surface area contributed by atoms with E-state index >= 15 is 0 Å². The van der Waals surface area contributed by atoms with Crippen molar-refractivity contribution in [1.29, 1.82) is 0 Å². The van der Waals surface area contributed by atoms with E-state index < -0.39 is 6.29 Å². The molecule has 0 bridgehead atoms. The first-order valence-electron chi connectivity index (χ1n) is 5.93. The molecule has 1 rings (SSSR count). The smallest absolute Gasteiger partial charge is 0.190 e. The molecule has 0 heterocycles. The summed E-state index contributed by atoms with van der Waals surface area (Å²) in [5.74, 6) is 0. The van der Waals surface area contributed by atoms with E-state index in [1.54, 1.807) is 0 Å². The van der Waals surface area contributed by atoms with Gasteiger partial charge >= 0.3 is 0 Å². The maximum atomic E-state index is 10.7. The molecule has 0 aromatic heterocycles. The van der Waals surface area contributed by atoms with Crippen LogP contribution in [0.15, 0.2) is 46.2 Å². The molecule has 98 valence electrons. The summed E-state index contributed by atoms with van der Waals surface area (Å²) in [6.45, 7) is 4.88. The third kappa shape index (κ3) is 5.04. The average molecular weight is 266 g/mol. The summed E-state index contributed by atoms with van der Waals surface area (Å²) >= 11 is 1.48. The molecule has 1 aromatic carbocycles. The maximum Gasteiger partial charge on any atom is 0.190 e. The molecule has 18 heavy (non-hydrogen) atoms. The first-order chi connectivity index (χ1) is 8.81. The van der Waals surface area contributed by atoms with Crippen LogP contribution in [-0.4, -0.2) is 25.8 Å². The lowest BCUT2D eigenvalue weighted by Crippen LogP contribution is -2.18. The zero-order valence-electron chi connectivity index (χ0n) is 10.7. The lowest BCUT2D eigenvalue weighted by Gasteiger charge is -2.19. The van der Waals surface area contributed by atoms with E-state index in [9.17, 15) is 4.79 Å². The second-order valence-corrected chi connectivity index (χ2v) is 4.51. The van der Waals surface area contributed by atoms with E-state index in [4.69, 9.17) is 9.47 Å². The Morgan fingerprint density at radius 1 is 1.22 bits per heavy atom. The van der Waals surface area contributed by atoms with Gasteiger partial charge < -0.3 is 9.47 Å². The van der Waals surface area contributed by atoms with Crippen LogP contribution in [0.4, 0.5) is 0 Å². The number of benzene rings is 1. The lowest BCUT2D eigenvalue weighted by atomic mass is 10.4. The number of hydrogen-bond donors (Lipinski definition) is 0. The van der Waals surface area contributed by atoms with Gasteiger partial charge in [0.2, 0.25) is 0 Å². The fourth-order valence-electron chi connectivity index (χ4n) is 1.37. The first kappa shape index (κ1) is 15.0. The molecule has 1 aromatic rings. The number of rotatable bonds is 8. The summed E-state index contributed by atoms with van der Waals surface area (Å²) in [6, 6.07) is 9.83. The molecule has 0 unspecified atom stereocenters. The predicted octanol–water partition coefficient (Wildman–Crippen LogP) is 3.26. The van der Waals surface area contributed by atoms with Crippen LogP contribution in [0.5, 0.6) is 0 Å². The van der Waals surface area contributed by atoms with Crippen molar-refractivity contribution in [1.82, 2.24) is 0 Å². The average Bonchev–Trinajstić information content (AvgIpc) is 2.39. The molecule has 3 nitrogen and oxygen atoms in total. The van der Waals surface area contributed by atoms with Gasteiger partial charge in [0.25, 0.3) is 0 Å². The van der Waals surface area contributed by atoms with E-state index in [-0.39, 0.29) is 0 Å². The molecular formula is C14H18O3S. The summed E-state index contributed by atoms with van der Waals surface area (Å²) in [4.78, 5) is 12.5. The van der Waals surface area contributed by atoms with Crippen molar-refractivity contribution in [3.63, 3.8) is 0 Å². The maximum absolute atomic E-state index is 10.7. The van der Waals surface area contributed by atoms with Gasteiger partial charge in [0.05, 0.1) is 0 Å². The molecule has 0 spiro atoms. The van der Waals surface area contributed by atoms with Crippen molar-refractivity contribution < 1.29 is 14.3 Å². The van der Waals surface area contributed by atoms with Crippen LogP contribution in [0.25, 0.3) is 0 Å². The molecule has 0 N–H and O–H groups in total. The summed E-state index contributed by atoms with van der Waals surface area (Å²) in [5, 5.41) is 0. The number of thioether (sulfide) groups is 1. The molecule has 0 saturated carbocycles. The fourth-order valence-corrected chi connectivity index (χ4v) is 2.29. The molecule has 0 fully saturated rings. The molecule has 0 aliphatic carbocycles. The molecular weight excluding hydrogens is 248 g/mol. The third-order valence-electron chi connectivity index (χ3n) is 2.08. The van der Waals surface area contributed by atoms with Crippen molar-refractivity contribution >= 4 is 18.0 Å². The monoisotopic (exact) mass is 266 g/mol. The number of aldehydes is 1. The number of allylic oxidation sites excluding steroid dienone is 1. The Balaban J connectivity index is 2.80. The second-order valence-electron chi connectivity index (χ2n) is 3.36. The van der Waals surface area contributed by atoms with E-state index in [0.29, 0.717) is 13.2 Å². The Hall–Kier alpha value is -1.10. The first-order valence-corrected chi connectivity index (χ1v) is 6.74. The van der Waals surface area contributed by atoms with E-state index in [0.717, 1.165) is 16.1 Å². The van der Waals surface area contributed by atoms with Crippen LogP contribution in [0.1, 0.15) is 13.8 Å². The van der Waals surface area contributed by atoms with Gasteiger partial charge in [0.15, 0.2) is 6.29 Å². The lowest BCUT2D eigenvalue weighted by molar-refractivity contribution is -0.109. The molecule has 0 atom stereocenters. The van der Waals surface area contributed by atoms with Crippen molar-refractivity contribution in [2.75, 3.05) is 13.2 Å². The van der Waals surface area contributed by atoms with Crippen molar-refractivity contribution in [3.8, 4) is 0 Å². The van der Waals surface area contributed by atoms with Crippen LogP contribution in [0, 0.1) is 0 Å². The largest absolute Gasteiger partial charge is 0.348 e. The summed E-state index contributed by atoms with van der Waals surface area (Å²) in [7, 11) is 0. The third-order valence-corrected chi connectivity index (χ3v) is 3.15. The van der Waals surface area contributed by atoms with Crippen molar-refractivity contribution in [2.24, 2.45) is 0 Å². The molecule has 4 heteroatoms. The Morgan fingerprint density at radius 2 is 1.83 bits per heavy atom. The molecule has 0 aliphatic rings. The van der Waals surface area contributed by atoms with Crippen molar-refractivity contribution in [3.05, 3.63) is 41.3 Å². The number of carbonyl (C=O) groups excluding carboxylic acids is 1. The molecule has 0 aliphatic heterocycles. The van der Waals surface area contributed by atoms with Crippen LogP contribution in [-0.2, 0) is 14.3 Å². The van der Waals surface area contributed by atoms with Gasteiger partial charge in [0.1, 0.15) is 6.29 Å². The highest BCUT2D eigenvalue weighted by Gasteiger charge is 2.15. The summed E-state index contributed by atoms with van der Waals surface area (Å²) in [5.41, 5.74) is 0. The van der Waals surface area contributed by atoms with Crippen LogP contribution in [0.3, 0.4) is 0 Å². The van der Waals surface area contributed by atoms with Crippen LogP contribution < -0.4 is 0 Å². The fraction of sp³-hybridized carbons (Fsp3) is 0.357. The summed E-state index contributed by atoms with van der Waals surface area (Å²) in [6.07, 6.45) is 1.78. The van der Waals surface area contributed by atoms with E-state index in [1.165, 1.54) is 17.8 Å². The highest BCUT2D eigenvalue weighted by atomic mass is 32.2. The highest BCUT2D eigenvalue weighted by Crippen LogP contribution is 2.30. The van der Waals surface area contributed by atoms with Gasteiger partial charge in [-0.05, 0) is 32.1 Å².